The quantitative estimate of drug-likeness (QED) is 0.710. The van der Waals surface area contributed by atoms with Crippen molar-refractivity contribution in [1.29, 1.82) is 0 Å². The Labute approximate surface area is 173 Å². The van der Waals surface area contributed by atoms with Gasteiger partial charge >= 0.3 is 5.97 Å². The van der Waals surface area contributed by atoms with Crippen LogP contribution in [0.4, 0.5) is 4.39 Å². The third kappa shape index (κ3) is 4.76. The maximum absolute atomic E-state index is 13.4. The highest BCUT2D eigenvalue weighted by atomic mass is 19.1. The van der Waals surface area contributed by atoms with Crippen molar-refractivity contribution in [2.75, 3.05) is 14.2 Å². The van der Waals surface area contributed by atoms with Crippen molar-refractivity contribution in [3.05, 3.63) is 59.4 Å². The number of hydrogen-bond donors (Lipinski definition) is 1. The van der Waals surface area contributed by atoms with Crippen LogP contribution in [0.2, 0.25) is 0 Å². The van der Waals surface area contributed by atoms with Gasteiger partial charge in [0.2, 0.25) is 5.91 Å². The first kappa shape index (κ1) is 21.3. The molecule has 1 N–H and O–H groups in total. The summed E-state index contributed by atoms with van der Waals surface area (Å²) < 4.78 is 24.1. The van der Waals surface area contributed by atoms with Gasteiger partial charge in [-0.15, -0.1) is 0 Å². The van der Waals surface area contributed by atoms with Crippen molar-refractivity contribution in [3.8, 4) is 11.5 Å². The molecule has 1 aliphatic rings. The number of aliphatic carboxylic acids is 1. The Kier molecular flexibility index (Phi) is 6.66. The minimum atomic E-state index is -0.952. The van der Waals surface area contributed by atoms with Gasteiger partial charge in [0.1, 0.15) is 17.3 Å². The molecular weight excluding hydrogens is 391 g/mol. The third-order valence-electron chi connectivity index (χ3n) is 4.92. The molecule has 1 atom stereocenters. The summed E-state index contributed by atoms with van der Waals surface area (Å²) in [6.45, 7) is 0. The number of methoxy groups -OCH3 is 2. The number of halogens is 1. The van der Waals surface area contributed by atoms with Gasteiger partial charge in [0.25, 0.3) is 0 Å². The Hall–Kier alpha value is -3.42. The molecule has 0 saturated carbocycles. The van der Waals surface area contributed by atoms with E-state index in [2.05, 4.69) is 5.10 Å². The van der Waals surface area contributed by atoms with E-state index in [9.17, 15) is 14.0 Å². The number of carboxylic acids is 1. The highest BCUT2D eigenvalue weighted by Gasteiger charge is 2.33. The van der Waals surface area contributed by atoms with E-state index in [0.29, 0.717) is 23.6 Å². The number of hydrogen-bond acceptors (Lipinski definition) is 5. The van der Waals surface area contributed by atoms with Crippen LogP contribution in [0.25, 0.3) is 0 Å². The van der Waals surface area contributed by atoms with Crippen molar-refractivity contribution >= 4 is 17.6 Å². The number of carboxylic acid groups (broad SMARTS) is 1. The van der Waals surface area contributed by atoms with Gasteiger partial charge in [-0.1, -0.05) is 12.1 Å². The molecule has 0 unspecified atom stereocenters. The van der Waals surface area contributed by atoms with Crippen LogP contribution in [0.5, 0.6) is 11.5 Å². The van der Waals surface area contributed by atoms with Crippen LogP contribution in [0.1, 0.15) is 42.9 Å². The molecule has 1 amide bonds. The van der Waals surface area contributed by atoms with Crippen molar-refractivity contribution in [3.63, 3.8) is 0 Å². The van der Waals surface area contributed by atoms with Crippen LogP contribution >= 0.6 is 0 Å². The highest BCUT2D eigenvalue weighted by Crippen LogP contribution is 2.36. The second kappa shape index (κ2) is 9.39. The zero-order valence-corrected chi connectivity index (χ0v) is 16.8. The minimum Gasteiger partial charge on any atom is -0.497 e. The molecule has 0 aliphatic carbocycles. The maximum Gasteiger partial charge on any atom is 0.303 e. The van der Waals surface area contributed by atoms with Crippen LogP contribution in [0, 0.1) is 5.82 Å². The molecule has 3 rings (SSSR count). The predicted molar refractivity (Wildman–Crippen MR) is 108 cm³/mol. The number of nitrogens with zero attached hydrogens (tertiary/aromatic N) is 2. The molecule has 2 aromatic carbocycles. The van der Waals surface area contributed by atoms with Gasteiger partial charge in [-0.05, 0) is 36.2 Å². The van der Waals surface area contributed by atoms with Crippen LogP contribution in [0.15, 0.2) is 47.6 Å². The Balaban J connectivity index is 1.92. The summed E-state index contributed by atoms with van der Waals surface area (Å²) in [5.41, 5.74) is 2.12. The second-order valence-electron chi connectivity index (χ2n) is 6.87. The standard InChI is InChI=1S/C22H23FN2O5/c1-29-16-10-11-17(20(12-16)30-2)18-13-19(14-6-8-15(23)9-7-14)25(24-18)21(26)4-3-5-22(27)28/h6-12,19H,3-5,13H2,1-2H3,(H,27,28)/t19-/m1/s1. The summed E-state index contributed by atoms with van der Waals surface area (Å²) >= 11 is 0. The van der Waals surface area contributed by atoms with E-state index < -0.39 is 12.0 Å². The first-order valence-corrected chi connectivity index (χ1v) is 9.52. The number of amides is 1. The molecule has 0 radical (unpaired) electrons. The van der Waals surface area contributed by atoms with Gasteiger partial charge in [-0.2, -0.15) is 5.10 Å². The van der Waals surface area contributed by atoms with E-state index in [-0.39, 0.29) is 31.0 Å². The fourth-order valence-electron chi connectivity index (χ4n) is 3.39. The monoisotopic (exact) mass is 414 g/mol. The number of carbonyl (C=O) groups is 2. The topological polar surface area (TPSA) is 88.4 Å². The van der Waals surface area contributed by atoms with E-state index >= 15 is 0 Å². The number of benzene rings is 2. The smallest absolute Gasteiger partial charge is 0.303 e. The van der Waals surface area contributed by atoms with E-state index in [1.165, 1.54) is 17.1 Å². The zero-order valence-electron chi connectivity index (χ0n) is 16.8. The van der Waals surface area contributed by atoms with Crippen LogP contribution in [-0.4, -0.2) is 41.9 Å². The fourth-order valence-corrected chi connectivity index (χ4v) is 3.39. The molecule has 0 saturated heterocycles. The van der Waals surface area contributed by atoms with Crippen molar-refractivity contribution in [1.82, 2.24) is 5.01 Å². The molecule has 7 nitrogen and oxygen atoms in total. The molecular formula is C22H23FN2O5. The highest BCUT2D eigenvalue weighted by molar-refractivity contribution is 6.05. The summed E-state index contributed by atoms with van der Waals surface area (Å²) in [5, 5.41) is 14.7. The molecule has 1 heterocycles. The average Bonchev–Trinajstić information content (AvgIpc) is 3.18. The lowest BCUT2D eigenvalue weighted by Gasteiger charge is -2.22. The largest absolute Gasteiger partial charge is 0.497 e. The van der Waals surface area contributed by atoms with Gasteiger partial charge in [-0.25, -0.2) is 9.40 Å². The molecule has 1 aliphatic heterocycles. The third-order valence-corrected chi connectivity index (χ3v) is 4.92. The van der Waals surface area contributed by atoms with Gasteiger partial charge in [0.15, 0.2) is 0 Å². The van der Waals surface area contributed by atoms with E-state index in [4.69, 9.17) is 14.6 Å². The first-order valence-electron chi connectivity index (χ1n) is 9.52. The molecule has 8 heteroatoms. The maximum atomic E-state index is 13.4. The van der Waals surface area contributed by atoms with Crippen LogP contribution < -0.4 is 9.47 Å². The average molecular weight is 414 g/mol. The molecule has 2 aromatic rings. The van der Waals surface area contributed by atoms with E-state index in [0.717, 1.165) is 11.1 Å². The Bertz CT molecular complexity index is 959. The number of rotatable bonds is 8. The molecule has 158 valence electrons. The lowest BCUT2D eigenvalue weighted by atomic mass is 9.97. The van der Waals surface area contributed by atoms with Gasteiger partial charge in [-0.3, -0.25) is 9.59 Å². The summed E-state index contributed by atoms with van der Waals surface area (Å²) in [6, 6.07) is 10.9. The predicted octanol–water partition coefficient (Wildman–Crippen LogP) is 3.78. The van der Waals surface area contributed by atoms with Crippen LogP contribution in [0.3, 0.4) is 0 Å². The lowest BCUT2D eigenvalue weighted by molar-refractivity contribution is -0.137. The van der Waals surface area contributed by atoms with Crippen molar-refractivity contribution in [2.45, 2.75) is 31.7 Å². The summed E-state index contributed by atoms with van der Waals surface area (Å²) in [5.74, 6) is -0.411. The summed E-state index contributed by atoms with van der Waals surface area (Å²) in [6.07, 6.45) is 0.598. The van der Waals surface area contributed by atoms with Gasteiger partial charge in [0.05, 0.1) is 26.0 Å². The fraction of sp³-hybridized carbons (Fsp3) is 0.318. The molecule has 0 spiro atoms. The van der Waals surface area contributed by atoms with Crippen molar-refractivity contribution in [2.24, 2.45) is 5.10 Å². The van der Waals surface area contributed by atoms with Gasteiger partial charge in [0, 0.05) is 30.9 Å². The van der Waals surface area contributed by atoms with E-state index in [1.807, 2.05) is 6.07 Å². The summed E-state index contributed by atoms with van der Waals surface area (Å²) in [7, 11) is 3.10. The molecule has 0 aromatic heterocycles. The van der Waals surface area contributed by atoms with Crippen LogP contribution in [-0.2, 0) is 9.59 Å². The van der Waals surface area contributed by atoms with E-state index in [1.54, 1.807) is 38.5 Å². The van der Waals surface area contributed by atoms with Crippen molar-refractivity contribution < 1.29 is 28.6 Å². The SMILES string of the molecule is COc1ccc(C2=NN(C(=O)CCCC(=O)O)[C@@H](c3ccc(F)cc3)C2)c(OC)c1. The zero-order chi connectivity index (χ0) is 21.7. The Morgan fingerprint density at radius 2 is 1.87 bits per heavy atom. The lowest BCUT2D eigenvalue weighted by Crippen LogP contribution is -2.27. The normalized spacial score (nSPS) is 15.6. The minimum absolute atomic E-state index is 0.0561. The molecule has 30 heavy (non-hydrogen) atoms. The summed E-state index contributed by atoms with van der Waals surface area (Å²) in [4.78, 5) is 23.6. The Morgan fingerprint density at radius 3 is 2.50 bits per heavy atom. The number of hydrazone groups is 1. The van der Waals surface area contributed by atoms with Gasteiger partial charge < -0.3 is 14.6 Å². The second-order valence-corrected chi connectivity index (χ2v) is 6.87. The first-order chi connectivity index (χ1) is 14.4. The molecule has 0 fully saturated rings. The number of carbonyl (C=O) groups excluding carboxylic acids is 1. The Morgan fingerprint density at radius 1 is 1.13 bits per heavy atom. The number of ether oxygens (including phenoxy) is 2. The molecule has 0 bridgehead atoms.